The molecule has 1 amide bonds. The maximum atomic E-state index is 11.8. The summed E-state index contributed by atoms with van der Waals surface area (Å²) in [5.74, 6) is -0.669. The van der Waals surface area contributed by atoms with E-state index < -0.39 is 18.7 Å². The zero-order valence-corrected chi connectivity index (χ0v) is 10.6. The zero-order chi connectivity index (χ0) is 14.8. The third kappa shape index (κ3) is 3.74. The molecule has 0 fully saturated rings. The van der Waals surface area contributed by atoms with Crippen LogP contribution >= 0.6 is 0 Å². The van der Waals surface area contributed by atoms with Gasteiger partial charge >= 0.3 is 6.18 Å². The SMILES string of the molecule is Cc1ccc2c(CC(=O)NOCC(F)(F)F)coc2c1. The average Bonchev–Trinajstić information content (AvgIpc) is 2.70. The third-order valence-corrected chi connectivity index (χ3v) is 2.58. The molecule has 0 bridgehead atoms. The Labute approximate surface area is 112 Å². The van der Waals surface area contributed by atoms with Crippen LogP contribution in [0.15, 0.2) is 28.9 Å². The van der Waals surface area contributed by atoms with Gasteiger partial charge in [0, 0.05) is 10.9 Å². The van der Waals surface area contributed by atoms with Crippen molar-refractivity contribution in [3.05, 3.63) is 35.6 Å². The van der Waals surface area contributed by atoms with E-state index in [1.54, 1.807) is 11.5 Å². The van der Waals surface area contributed by atoms with Gasteiger partial charge in [0.05, 0.1) is 12.7 Å². The molecule has 20 heavy (non-hydrogen) atoms. The summed E-state index contributed by atoms with van der Waals surface area (Å²) in [6.07, 6.45) is -3.19. The minimum Gasteiger partial charge on any atom is -0.464 e. The van der Waals surface area contributed by atoms with Crippen molar-refractivity contribution in [3.63, 3.8) is 0 Å². The Kier molecular flexibility index (Phi) is 3.99. The predicted octanol–water partition coefficient (Wildman–Crippen LogP) is 2.89. The number of benzene rings is 1. The van der Waals surface area contributed by atoms with Crippen molar-refractivity contribution in [2.45, 2.75) is 19.5 Å². The highest BCUT2D eigenvalue weighted by Gasteiger charge is 2.28. The number of nitrogens with one attached hydrogen (secondary N) is 1. The van der Waals surface area contributed by atoms with Crippen molar-refractivity contribution < 1.29 is 27.2 Å². The molecule has 2 aromatic rings. The molecular formula is C13H12F3NO3. The van der Waals surface area contributed by atoms with Gasteiger partial charge in [-0.05, 0) is 18.6 Å². The number of hydroxylamine groups is 1. The summed E-state index contributed by atoms with van der Waals surface area (Å²) < 4.78 is 40.8. The smallest absolute Gasteiger partial charge is 0.414 e. The predicted molar refractivity (Wildman–Crippen MR) is 64.8 cm³/mol. The number of amides is 1. The van der Waals surface area contributed by atoms with Crippen LogP contribution in [0.25, 0.3) is 11.0 Å². The fraction of sp³-hybridized carbons (Fsp3) is 0.308. The maximum absolute atomic E-state index is 11.8. The summed E-state index contributed by atoms with van der Waals surface area (Å²) in [6.45, 7) is 0.378. The number of alkyl halides is 3. The van der Waals surface area contributed by atoms with E-state index in [-0.39, 0.29) is 6.42 Å². The molecule has 0 saturated heterocycles. The molecule has 0 aliphatic carbocycles. The first-order valence-electron chi connectivity index (χ1n) is 5.79. The van der Waals surface area contributed by atoms with E-state index >= 15 is 0 Å². The van der Waals surface area contributed by atoms with Crippen LogP contribution in [0.1, 0.15) is 11.1 Å². The summed E-state index contributed by atoms with van der Waals surface area (Å²) in [7, 11) is 0. The highest BCUT2D eigenvalue weighted by Crippen LogP contribution is 2.22. The molecule has 0 spiro atoms. The van der Waals surface area contributed by atoms with Crippen LogP contribution in [0.3, 0.4) is 0 Å². The Morgan fingerprint density at radius 3 is 2.85 bits per heavy atom. The van der Waals surface area contributed by atoms with E-state index in [0.717, 1.165) is 10.9 Å². The Bertz CT molecular complexity index is 619. The van der Waals surface area contributed by atoms with E-state index in [1.807, 2.05) is 19.1 Å². The standard InChI is InChI=1S/C13H12F3NO3/c1-8-2-3-10-9(6-19-11(10)4-8)5-12(18)17-20-7-13(14,15)16/h2-4,6H,5,7H2,1H3,(H,17,18). The van der Waals surface area contributed by atoms with Crippen molar-refractivity contribution in [2.75, 3.05) is 6.61 Å². The summed E-state index contributed by atoms with van der Waals surface area (Å²) in [6, 6.07) is 5.48. The number of aryl methyl sites for hydroxylation is 1. The van der Waals surface area contributed by atoms with Crippen molar-refractivity contribution in [3.8, 4) is 0 Å². The summed E-state index contributed by atoms with van der Waals surface area (Å²) in [5.41, 5.74) is 3.98. The number of hydrogen-bond donors (Lipinski definition) is 1. The van der Waals surface area contributed by atoms with Crippen LogP contribution in [0.5, 0.6) is 0 Å². The highest BCUT2D eigenvalue weighted by atomic mass is 19.4. The lowest BCUT2D eigenvalue weighted by Crippen LogP contribution is -2.30. The van der Waals surface area contributed by atoms with E-state index in [0.29, 0.717) is 11.1 Å². The van der Waals surface area contributed by atoms with Gasteiger partial charge in [0.2, 0.25) is 5.91 Å². The minimum absolute atomic E-state index is 0.117. The van der Waals surface area contributed by atoms with Gasteiger partial charge in [0.25, 0.3) is 0 Å². The van der Waals surface area contributed by atoms with Gasteiger partial charge in [-0.3, -0.25) is 9.63 Å². The van der Waals surface area contributed by atoms with Crippen LogP contribution in [0.4, 0.5) is 13.2 Å². The van der Waals surface area contributed by atoms with E-state index in [2.05, 4.69) is 4.84 Å². The molecule has 108 valence electrons. The zero-order valence-electron chi connectivity index (χ0n) is 10.6. The van der Waals surface area contributed by atoms with Gasteiger partial charge in [0.1, 0.15) is 5.58 Å². The topological polar surface area (TPSA) is 51.5 Å². The highest BCUT2D eigenvalue weighted by molar-refractivity contribution is 5.87. The first-order valence-corrected chi connectivity index (χ1v) is 5.79. The van der Waals surface area contributed by atoms with Crippen molar-refractivity contribution in [1.82, 2.24) is 5.48 Å². The van der Waals surface area contributed by atoms with E-state index in [1.165, 1.54) is 6.26 Å². The first-order chi connectivity index (χ1) is 9.35. The van der Waals surface area contributed by atoms with Gasteiger partial charge in [-0.2, -0.15) is 13.2 Å². The van der Waals surface area contributed by atoms with E-state index in [4.69, 9.17) is 4.42 Å². The van der Waals surface area contributed by atoms with Crippen molar-refractivity contribution in [2.24, 2.45) is 0 Å². The lowest BCUT2D eigenvalue weighted by Gasteiger charge is -2.07. The molecular weight excluding hydrogens is 275 g/mol. The average molecular weight is 287 g/mol. The second-order valence-electron chi connectivity index (χ2n) is 4.37. The van der Waals surface area contributed by atoms with E-state index in [9.17, 15) is 18.0 Å². The monoisotopic (exact) mass is 287 g/mol. The normalized spacial score (nSPS) is 11.8. The second kappa shape index (κ2) is 5.54. The summed E-state index contributed by atoms with van der Waals surface area (Å²) in [5, 5.41) is 0.751. The van der Waals surface area contributed by atoms with Crippen LogP contribution in [-0.2, 0) is 16.1 Å². The molecule has 0 atom stereocenters. The Balaban J connectivity index is 1.96. The van der Waals surface area contributed by atoms with Crippen molar-refractivity contribution >= 4 is 16.9 Å². The number of carbonyl (C=O) groups is 1. The van der Waals surface area contributed by atoms with Gasteiger partial charge in [0.15, 0.2) is 6.61 Å². The Morgan fingerprint density at radius 1 is 1.40 bits per heavy atom. The molecule has 1 heterocycles. The van der Waals surface area contributed by atoms with Crippen LogP contribution in [0.2, 0.25) is 0 Å². The van der Waals surface area contributed by atoms with Crippen LogP contribution in [-0.4, -0.2) is 18.7 Å². The van der Waals surface area contributed by atoms with Crippen LogP contribution < -0.4 is 5.48 Å². The third-order valence-electron chi connectivity index (χ3n) is 2.58. The quantitative estimate of drug-likeness (QED) is 0.880. The molecule has 0 aliphatic rings. The minimum atomic E-state index is -4.48. The molecule has 7 heteroatoms. The number of halogens is 3. The Morgan fingerprint density at radius 2 is 2.15 bits per heavy atom. The largest absolute Gasteiger partial charge is 0.464 e. The molecule has 4 nitrogen and oxygen atoms in total. The second-order valence-corrected chi connectivity index (χ2v) is 4.37. The Hall–Kier alpha value is -2.02. The molecule has 1 N–H and O–H groups in total. The van der Waals surface area contributed by atoms with Gasteiger partial charge in [-0.25, -0.2) is 5.48 Å². The molecule has 0 radical (unpaired) electrons. The number of rotatable bonds is 4. The van der Waals surface area contributed by atoms with Gasteiger partial charge < -0.3 is 4.42 Å². The molecule has 0 saturated carbocycles. The van der Waals surface area contributed by atoms with Gasteiger partial charge in [-0.15, -0.1) is 0 Å². The summed E-state index contributed by atoms with van der Waals surface area (Å²) >= 11 is 0. The number of fused-ring (bicyclic) bond motifs is 1. The number of carbonyl (C=O) groups excluding carboxylic acids is 1. The fourth-order valence-electron chi connectivity index (χ4n) is 1.73. The lowest BCUT2D eigenvalue weighted by atomic mass is 10.1. The summed E-state index contributed by atoms with van der Waals surface area (Å²) in [4.78, 5) is 15.5. The first kappa shape index (κ1) is 14.4. The van der Waals surface area contributed by atoms with Crippen LogP contribution in [0, 0.1) is 6.92 Å². The van der Waals surface area contributed by atoms with Gasteiger partial charge in [-0.1, -0.05) is 12.1 Å². The molecule has 1 aromatic heterocycles. The molecule has 0 aliphatic heterocycles. The lowest BCUT2D eigenvalue weighted by molar-refractivity contribution is -0.191. The number of hydrogen-bond acceptors (Lipinski definition) is 3. The maximum Gasteiger partial charge on any atom is 0.414 e. The molecule has 1 aromatic carbocycles. The number of furan rings is 1. The molecule has 2 rings (SSSR count). The molecule has 0 unspecified atom stereocenters. The fourth-order valence-corrected chi connectivity index (χ4v) is 1.73. The van der Waals surface area contributed by atoms with Crippen molar-refractivity contribution in [1.29, 1.82) is 0 Å².